The summed E-state index contributed by atoms with van der Waals surface area (Å²) in [4.78, 5) is 103. The first-order valence-corrected chi connectivity index (χ1v) is 23.9. The van der Waals surface area contributed by atoms with Gasteiger partial charge in [-0.2, -0.15) is 0 Å². The molecular weight excluding hydrogens is 862 g/mol. The van der Waals surface area contributed by atoms with E-state index in [1.165, 1.54) is 0 Å². The Morgan fingerprint density at radius 1 is 0.606 bits per heavy atom. The third-order valence-electron chi connectivity index (χ3n) is 14.0. The topological polar surface area (TPSA) is 193 Å². The molecule has 66 heavy (non-hydrogen) atoms. The maximum Gasteiger partial charge on any atom is 0.247 e. The predicted octanol–water partition coefficient (Wildman–Crippen LogP) is 3.04. The van der Waals surface area contributed by atoms with Crippen LogP contribution in [0.4, 0.5) is 0 Å². The number of halogens is 1. The third-order valence-corrected chi connectivity index (χ3v) is 14.0. The lowest BCUT2D eigenvalue weighted by atomic mass is 9.98. The fraction of sp³-hybridized carbons (Fsp3) is 0.612. The SMILES string of the molecule is CN[C@@H](C)C(=O)N[C@H]1CN(C(=O)CCCCCCC(=O)N2CC[C@H]3CC[C@@H](C(=O)NC(c4ccccc4)c4ccccc4)N3C(=O)[C@@H](NC(=O)[C@H](C)NC)C2)CC[C@H]2CC[C@@H](C)N2C1=O.Cl. The Morgan fingerprint density at radius 2 is 1.05 bits per heavy atom. The van der Waals surface area contributed by atoms with Crippen LogP contribution in [-0.4, -0.2) is 150 Å². The largest absolute Gasteiger partial charge is 0.343 e. The molecular formula is C49H72ClN9O7. The van der Waals surface area contributed by atoms with Crippen LogP contribution in [0.1, 0.15) is 115 Å². The van der Waals surface area contributed by atoms with E-state index in [4.69, 9.17) is 0 Å². The van der Waals surface area contributed by atoms with Gasteiger partial charge in [-0.1, -0.05) is 73.5 Å². The number of benzene rings is 2. The summed E-state index contributed by atoms with van der Waals surface area (Å²) in [6.45, 7) is 6.50. The molecule has 17 heteroatoms. The fourth-order valence-corrected chi connectivity index (χ4v) is 9.89. The van der Waals surface area contributed by atoms with E-state index in [0.29, 0.717) is 58.0 Å². The van der Waals surface area contributed by atoms with Gasteiger partial charge in [0.2, 0.25) is 41.4 Å². The van der Waals surface area contributed by atoms with Crippen molar-refractivity contribution in [1.82, 2.24) is 46.2 Å². The molecule has 2 aromatic carbocycles. The van der Waals surface area contributed by atoms with Crippen molar-refractivity contribution in [3.8, 4) is 0 Å². The van der Waals surface area contributed by atoms with E-state index >= 15 is 0 Å². The minimum absolute atomic E-state index is 0. The van der Waals surface area contributed by atoms with E-state index in [9.17, 15) is 33.6 Å². The van der Waals surface area contributed by atoms with E-state index in [0.717, 1.165) is 36.8 Å². The highest BCUT2D eigenvalue weighted by molar-refractivity contribution is 5.95. The van der Waals surface area contributed by atoms with Gasteiger partial charge in [-0.05, 0) is 97.4 Å². The van der Waals surface area contributed by atoms with Crippen LogP contribution >= 0.6 is 12.4 Å². The lowest BCUT2D eigenvalue weighted by molar-refractivity contribution is -0.147. The molecule has 16 nitrogen and oxygen atoms in total. The Kier molecular flexibility index (Phi) is 19.4. The van der Waals surface area contributed by atoms with Gasteiger partial charge in [0, 0.05) is 57.1 Å². The van der Waals surface area contributed by atoms with Crippen LogP contribution in [0.5, 0.6) is 0 Å². The zero-order chi connectivity index (χ0) is 46.6. The summed E-state index contributed by atoms with van der Waals surface area (Å²) in [6.07, 6.45) is 7.28. The van der Waals surface area contributed by atoms with Crippen LogP contribution in [0, 0.1) is 0 Å². The second-order valence-corrected chi connectivity index (χ2v) is 18.4. The minimum atomic E-state index is -1.04. The highest BCUT2D eigenvalue weighted by Crippen LogP contribution is 2.32. The van der Waals surface area contributed by atoms with Gasteiger partial charge in [-0.3, -0.25) is 33.6 Å². The Morgan fingerprint density at radius 3 is 1.52 bits per heavy atom. The van der Waals surface area contributed by atoms with Gasteiger partial charge in [-0.25, -0.2) is 0 Å². The zero-order valence-electron chi connectivity index (χ0n) is 39.3. The normalized spacial score (nSPS) is 24.2. The van der Waals surface area contributed by atoms with Crippen LogP contribution in [0.15, 0.2) is 60.7 Å². The molecule has 4 saturated heterocycles. The molecule has 0 aromatic heterocycles. The van der Waals surface area contributed by atoms with Crippen LogP contribution < -0.4 is 26.6 Å². The molecule has 2 aromatic rings. The molecule has 0 bridgehead atoms. The Bertz CT molecular complexity index is 1940. The number of carbonyl (C=O) groups excluding carboxylic acids is 7. The molecule has 6 rings (SSSR count). The molecule has 0 saturated carbocycles. The van der Waals surface area contributed by atoms with E-state index in [1.54, 1.807) is 42.6 Å². The molecule has 4 aliphatic heterocycles. The number of likely N-dealkylation sites (N-methyl/N-ethyl adjacent to an activating group) is 2. The van der Waals surface area contributed by atoms with Gasteiger partial charge in [0.25, 0.3) is 0 Å². The van der Waals surface area contributed by atoms with Gasteiger partial charge in [0.1, 0.15) is 18.1 Å². The average Bonchev–Trinajstić information content (AvgIpc) is 3.91. The molecule has 4 aliphatic rings. The van der Waals surface area contributed by atoms with E-state index in [1.807, 2.05) is 72.5 Å². The van der Waals surface area contributed by atoms with E-state index in [2.05, 4.69) is 26.6 Å². The van der Waals surface area contributed by atoms with Crippen molar-refractivity contribution in [3.63, 3.8) is 0 Å². The monoisotopic (exact) mass is 934 g/mol. The average molecular weight is 935 g/mol. The highest BCUT2D eigenvalue weighted by atomic mass is 35.5. The van der Waals surface area contributed by atoms with Crippen LogP contribution in [0.2, 0.25) is 0 Å². The molecule has 4 fully saturated rings. The Hall–Kier alpha value is -5.06. The number of nitrogens with zero attached hydrogens (tertiary/aromatic N) is 4. The fourth-order valence-electron chi connectivity index (χ4n) is 9.89. The summed E-state index contributed by atoms with van der Waals surface area (Å²) in [7, 11) is 3.35. The number of amides is 7. The van der Waals surface area contributed by atoms with Crippen molar-refractivity contribution in [3.05, 3.63) is 71.8 Å². The smallest absolute Gasteiger partial charge is 0.247 e. The van der Waals surface area contributed by atoms with Crippen molar-refractivity contribution in [1.29, 1.82) is 0 Å². The zero-order valence-corrected chi connectivity index (χ0v) is 40.2. The van der Waals surface area contributed by atoms with Crippen molar-refractivity contribution >= 4 is 53.8 Å². The van der Waals surface area contributed by atoms with Gasteiger partial charge in [0.15, 0.2) is 0 Å². The molecule has 4 heterocycles. The van der Waals surface area contributed by atoms with Gasteiger partial charge in [0.05, 0.1) is 18.1 Å². The van der Waals surface area contributed by atoms with E-state index < -0.39 is 36.3 Å². The maximum atomic E-state index is 14.6. The summed E-state index contributed by atoms with van der Waals surface area (Å²) in [5.74, 6) is -1.58. The number of hydrogen-bond donors (Lipinski definition) is 5. The molecule has 0 spiro atoms. The summed E-state index contributed by atoms with van der Waals surface area (Å²) in [5, 5.41) is 14.9. The predicted molar refractivity (Wildman–Crippen MR) is 254 cm³/mol. The van der Waals surface area contributed by atoms with Crippen LogP contribution in [0.3, 0.4) is 0 Å². The number of hydrogen-bond acceptors (Lipinski definition) is 9. The van der Waals surface area contributed by atoms with Gasteiger partial charge >= 0.3 is 0 Å². The second kappa shape index (κ2) is 24.6. The Balaban J connectivity index is 0.00000817. The summed E-state index contributed by atoms with van der Waals surface area (Å²) in [6, 6.07) is 15.2. The van der Waals surface area contributed by atoms with Crippen molar-refractivity contribution < 1.29 is 33.6 Å². The van der Waals surface area contributed by atoms with Gasteiger partial charge in [-0.15, -0.1) is 12.4 Å². The molecule has 5 N–H and O–H groups in total. The number of fused-ring (bicyclic) bond motifs is 2. The molecule has 0 radical (unpaired) electrons. The summed E-state index contributed by atoms with van der Waals surface area (Å²) >= 11 is 0. The van der Waals surface area contributed by atoms with Crippen LogP contribution in [0.25, 0.3) is 0 Å². The van der Waals surface area contributed by atoms with Crippen molar-refractivity contribution in [2.24, 2.45) is 0 Å². The first kappa shape index (κ1) is 51.9. The molecule has 0 aliphatic carbocycles. The maximum absolute atomic E-state index is 14.6. The lowest BCUT2D eigenvalue weighted by Gasteiger charge is -2.39. The lowest BCUT2D eigenvalue weighted by Crippen LogP contribution is -2.62. The number of rotatable bonds is 17. The van der Waals surface area contributed by atoms with Crippen molar-refractivity contribution in [2.45, 2.75) is 152 Å². The number of nitrogens with one attached hydrogen (secondary N) is 5. The quantitative estimate of drug-likeness (QED) is 0.149. The highest BCUT2D eigenvalue weighted by Gasteiger charge is 2.46. The number of unbranched alkanes of at least 4 members (excludes halogenated alkanes) is 3. The Labute approximate surface area is 396 Å². The summed E-state index contributed by atoms with van der Waals surface area (Å²) in [5.41, 5.74) is 1.84. The molecule has 0 unspecified atom stereocenters. The second-order valence-electron chi connectivity index (χ2n) is 18.4. The van der Waals surface area contributed by atoms with Crippen LogP contribution in [-0.2, 0) is 33.6 Å². The van der Waals surface area contributed by atoms with Gasteiger partial charge < -0.3 is 46.2 Å². The number of carbonyl (C=O) groups is 7. The van der Waals surface area contributed by atoms with E-state index in [-0.39, 0.29) is 91.4 Å². The third kappa shape index (κ3) is 12.9. The first-order valence-electron chi connectivity index (χ1n) is 23.9. The minimum Gasteiger partial charge on any atom is -0.343 e. The summed E-state index contributed by atoms with van der Waals surface area (Å²) < 4.78 is 0. The standard InChI is InChI=1S/C49H71N9O7.ClH/c1-32-22-23-37-26-28-55(30-39(48(64)57(32)37)52-45(61)33(2)50-4)42(59)20-14-6-7-15-21-43(60)56-29-27-38-24-25-41(58(38)49(65)40(31-56)53-46(62)34(3)51-5)47(63)54-44(35-16-10-8-11-17-35)36-18-12-9-13-19-36;/h8-13,16-19,32-34,37-41,44,50-51H,6-7,14-15,20-31H2,1-5H3,(H,52,61)(H,53,62)(H,54,63);1H/t32-,33+,34+,37-,38-,39+,40+,41+;/m1./s1. The van der Waals surface area contributed by atoms with Crippen molar-refractivity contribution in [2.75, 3.05) is 40.3 Å². The molecule has 8 atom stereocenters. The molecule has 362 valence electrons. The first-order chi connectivity index (χ1) is 31.3. The molecule has 7 amide bonds.